The van der Waals surface area contributed by atoms with Crippen molar-refractivity contribution in [2.45, 2.75) is 0 Å². The van der Waals surface area contributed by atoms with E-state index in [0.29, 0.717) is 17.3 Å². The van der Waals surface area contributed by atoms with E-state index >= 15 is 0 Å². The molecule has 0 aromatic heterocycles. The Kier molecular flexibility index (Phi) is 5.71. The van der Waals surface area contributed by atoms with Gasteiger partial charge in [-0.2, -0.15) is 10.0 Å². The molecule has 0 aliphatic carbocycles. The fourth-order valence-electron chi connectivity index (χ4n) is 2.71. The van der Waals surface area contributed by atoms with Crippen molar-refractivity contribution in [1.29, 1.82) is 5.41 Å². The predicted octanol–water partition coefficient (Wildman–Crippen LogP) is 3.18. The topological polar surface area (TPSA) is 129 Å². The van der Waals surface area contributed by atoms with Gasteiger partial charge in [-0.3, -0.25) is 10.2 Å². The van der Waals surface area contributed by atoms with Crippen LogP contribution in [0.1, 0.15) is 15.9 Å². The molecule has 2 heterocycles. The van der Waals surface area contributed by atoms with E-state index in [1.165, 1.54) is 18.2 Å². The van der Waals surface area contributed by atoms with Crippen LogP contribution in [-0.2, 0) is 14.6 Å². The number of hydrogen-bond acceptors (Lipinski definition) is 8. The summed E-state index contributed by atoms with van der Waals surface area (Å²) in [5.74, 6) is -1.33. The van der Waals surface area contributed by atoms with Gasteiger partial charge in [-0.05, 0) is 47.7 Å². The van der Waals surface area contributed by atoms with Crippen LogP contribution in [0.5, 0.6) is 5.75 Å². The van der Waals surface area contributed by atoms with E-state index in [1.54, 1.807) is 36.4 Å². The molecule has 32 heavy (non-hydrogen) atoms. The first kappa shape index (κ1) is 21.9. The van der Waals surface area contributed by atoms with Crippen LogP contribution in [-0.4, -0.2) is 46.9 Å². The normalized spacial score (nSPS) is 17.2. The number of benzene rings is 2. The minimum absolute atomic E-state index is 0.0133. The number of hydrogen-bond donors (Lipinski definition) is 1. The summed E-state index contributed by atoms with van der Waals surface area (Å²) in [5, 5.41) is 13.4. The smallest absolute Gasteiger partial charge is 0.345 e. The number of fused-ring (bicyclic) bond motifs is 1. The van der Waals surface area contributed by atoms with Crippen LogP contribution in [0.25, 0.3) is 6.08 Å². The highest BCUT2D eigenvalue weighted by Gasteiger charge is 2.38. The molecule has 0 saturated heterocycles. The highest BCUT2D eigenvalue weighted by molar-refractivity contribution is 8.42. The third-order valence-corrected chi connectivity index (χ3v) is 7.16. The Morgan fingerprint density at radius 1 is 1.19 bits per heavy atom. The van der Waals surface area contributed by atoms with Gasteiger partial charge in [-0.15, -0.1) is 5.10 Å². The molecule has 9 nitrogen and oxygen atoms in total. The minimum atomic E-state index is -3.60. The van der Waals surface area contributed by atoms with Crippen molar-refractivity contribution in [3.8, 4) is 5.75 Å². The van der Waals surface area contributed by atoms with E-state index in [-0.39, 0.29) is 37.3 Å². The van der Waals surface area contributed by atoms with Crippen molar-refractivity contribution in [2.75, 3.05) is 6.26 Å². The molecule has 12 heteroatoms. The van der Waals surface area contributed by atoms with Crippen molar-refractivity contribution in [2.24, 2.45) is 10.1 Å². The number of esters is 1. The Hall–Kier alpha value is -3.28. The minimum Gasteiger partial charge on any atom is -0.423 e. The molecule has 0 spiro atoms. The number of carbonyl (C=O) groups excluding carboxylic acids is 2. The van der Waals surface area contributed by atoms with Crippen LogP contribution in [0, 0.1) is 5.41 Å². The zero-order valence-corrected chi connectivity index (χ0v) is 18.7. The SMILES string of the molecule is CS(=O)(=O)C1=NN2C(=N)/C(=C/c3ccc(OC(=O)c4ccccc4Cl)cc3)C(=O)N=C2S1. The van der Waals surface area contributed by atoms with Crippen LogP contribution in [0.2, 0.25) is 5.02 Å². The zero-order valence-electron chi connectivity index (χ0n) is 16.3. The number of aliphatic imine (C=N–C) groups is 1. The summed E-state index contributed by atoms with van der Waals surface area (Å²) in [6.07, 6.45) is 2.41. The van der Waals surface area contributed by atoms with Crippen molar-refractivity contribution < 1.29 is 22.7 Å². The van der Waals surface area contributed by atoms with E-state index in [9.17, 15) is 18.0 Å². The maximum atomic E-state index is 12.4. The second-order valence-corrected chi connectivity index (χ2v) is 10.1. The summed E-state index contributed by atoms with van der Waals surface area (Å²) in [7, 11) is -3.60. The highest BCUT2D eigenvalue weighted by Crippen LogP contribution is 2.30. The first-order chi connectivity index (χ1) is 15.1. The molecule has 162 valence electrons. The summed E-state index contributed by atoms with van der Waals surface area (Å²) in [6, 6.07) is 12.7. The maximum Gasteiger partial charge on any atom is 0.345 e. The Morgan fingerprint density at radius 3 is 2.53 bits per heavy atom. The van der Waals surface area contributed by atoms with Crippen LogP contribution in [0.15, 0.2) is 64.2 Å². The van der Waals surface area contributed by atoms with Crippen LogP contribution < -0.4 is 4.74 Å². The van der Waals surface area contributed by atoms with E-state index in [1.807, 2.05) is 0 Å². The van der Waals surface area contributed by atoms with Gasteiger partial charge >= 0.3 is 5.97 Å². The lowest BCUT2D eigenvalue weighted by atomic mass is 10.1. The first-order valence-electron chi connectivity index (χ1n) is 8.90. The lowest BCUT2D eigenvalue weighted by Gasteiger charge is -2.20. The number of rotatable bonds is 3. The Morgan fingerprint density at radius 2 is 1.88 bits per heavy atom. The lowest BCUT2D eigenvalue weighted by Crippen LogP contribution is -2.35. The molecule has 0 atom stereocenters. The van der Waals surface area contributed by atoms with Crippen LogP contribution >= 0.6 is 23.4 Å². The van der Waals surface area contributed by atoms with Crippen molar-refractivity contribution in [3.05, 3.63) is 70.3 Å². The largest absolute Gasteiger partial charge is 0.423 e. The number of nitrogens with zero attached hydrogens (tertiary/aromatic N) is 3. The molecule has 0 unspecified atom stereocenters. The molecule has 0 bridgehead atoms. The van der Waals surface area contributed by atoms with Gasteiger partial charge < -0.3 is 4.74 Å². The Bertz CT molecular complexity index is 1360. The molecule has 1 N–H and O–H groups in total. The van der Waals surface area contributed by atoms with Crippen molar-refractivity contribution in [3.63, 3.8) is 0 Å². The van der Waals surface area contributed by atoms with Gasteiger partial charge in [0, 0.05) is 6.26 Å². The fourth-order valence-corrected chi connectivity index (χ4v) is 4.61. The van der Waals surface area contributed by atoms with Gasteiger partial charge in [0.25, 0.3) is 5.91 Å². The fraction of sp³-hybridized carbons (Fsp3) is 0.0500. The average Bonchev–Trinajstić information content (AvgIpc) is 3.17. The summed E-state index contributed by atoms with van der Waals surface area (Å²) in [5.41, 5.74) is 0.704. The molecular weight excluding hydrogens is 476 g/mol. The van der Waals surface area contributed by atoms with Crippen LogP contribution in [0.3, 0.4) is 0 Å². The molecule has 1 amide bonds. The summed E-state index contributed by atoms with van der Waals surface area (Å²) >= 11 is 6.71. The summed E-state index contributed by atoms with van der Waals surface area (Å²) in [6.45, 7) is 0. The van der Waals surface area contributed by atoms with Gasteiger partial charge in [0.1, 0.15) is 5.75 Å². The lowest BCUT2D eigenvalue weighted by molar-refractivity contribution is -0.114. The zero-order chi connectivity index (χ0) is 23.0. The number of nitrogens with one attached hydrogen (secondary N) is 1. The number of amides is 1. The van der Waals surface area contributed by atoms with E-state index in [2.05, 4.69) is 10.1 Å². The molecule has 2 aliphatic heterocycles. The molecule has 0 saturated carbocycles. The number of carbonyl (C=O) groups is 2. The van der Waals surface area contributed by atoms with Crippen molar-refractivity contribution >= 4 is 66.5 Å². The first-order valence-corrected chi connectivity index (χ1v) is 12.0. The Labute approximate surface area is 191 Å². The maximum absolute atomic E-state index is 12.4. The number of sulfone groups is 1. The second-order valence-electron chi connectivity index (χ2n) is 6.60. The second kappa shape index (κ2) is 8.34. The van der Waals surface area contributed by atoms with E-state index < -0.39 is 21.7 Å². The van der Waals surface area contributed by atoms with Gasteiger partial charge in [0.15, 0.2) is 5.84 Å². The van der Waals surface area contributed by atoms with E-state index in [0.717, 1.165) is 11.3 Å². The van der Waals surface area contributed by atoms with Gasteiger partial charge in [-0.25, -0.2) is 13.2 Å². The molecule has 0 radical (unpaired) electrons. The predicted molar refractivity (Wildman–Crippen MR) is 123 cm³/mol. The third kappa shape index (κ3) is 4.35. The third-order valence-electron chi connectivity index (χ3n) is 4.25. The molecule has 2 aliphatic rings. The van der Waals surface area contributed by atoms with Crippen LogP contribution in [0.4, 0.5) is 0 Å². The van der Waals surface area contributed by atoms with Crippen molar-refractivity contribution in [1.82, 2.24) is 5.01 Å². The monoisotopic (exact) mass is 488 g/mol. The number of hydrazone groups is 1. The number of thioether (sulfide) groups is 1. The number of ether oxygens (including phenoxy) is 1. The van der Waals surface area contributed by atoms with Gasteiger partial charge in [-0.1, -0.05) is 35.9 Å². The molecule has 2 aromatic rings. The molecular formula is C20H13ClN4O5S2. The summed E-state index contributed by atoms with van der Waals surface area (Å²) < 4.78 is 28.5. The quantitative estimate of drug-likeness (QED) is 0.399. The molecule has 4 rings (SSSR count). The van der Waals surface area contributed by atoms with Gasteiger partial charge in [0.05, 0.1) is 16.2 Å². The summed E-state index contributed by atoms with van der Waals surface area (Å²) in [4.78, 5) is 28.5. The highest BCUT2D eigenvalue weighted by atomic mass is 35.5. The molecule has 2 aromatic carbocycles. The standard InChI is InChI=1S/C20H13ClN4O5S2/c1-32(28,29)20-24-25-16(22)14(17(26)23-19(25)31-20)10-11-6-8-12(9-7-11)30-18(27)13-4-2-3-5-15(13)21/h2-10,22H,1H3/b14-10-,22-16?. The molecule has 0 fully saturated rings. The number of amidine groups is 2. The average molecular weight is 489 g/mol. The Balaban J connectivity index is 1.54. The number of halogens is 1. The van der Waals surface area contributed by atoms with E-state index in [4.69, 9.17) is 21.7 Å². The van der Waals surface area contributed by atoms with Gasteiger partial charge in [0.2, 0.25) is 19.4 Å².